The zero-order valence-electron chi connectivity index (χ0n) is 12.4. The highest BCUT2D eigenvalue weighted by atomic mass is 32.2. The minimum absolute atomic E-state index is 0.152. The Morgan fingerprint density at radius 3 is 2.80 bits per heavy atom. The van der Waals surface area contributed by atoms with Crippen LogP contribution in [0.4, 0.5) is 0 Å². The lowest BCUT2D eigenvalue weighted by molar-refractivity contribution is 0.185. The molecule has 1 aliphatic heterocycles. The molecular formula is C14H24N2O3S. The fraction of sp³-hybridized carbons (Fsp3) is 0.714. The van der Waals surface area contributed by atoms with Gasteiger partial charge in [-0.05, 0) is 45.0 Å². The lowest BCUT2D eigenvalue weighted by Gasteiger charge is -2.36. The molecule has 0 aromatic carbocycles. The number of rotatable bonds is 5. The molecule has 114 valence electrons. The fourth-order valence-electron chi connectivity index (χ4n) is 2.61. The summed E-state index contributed by atoms with van der Waals surface area (Å²) < 4.78 is 32.2. The van der Waals surface area contributed by atoms with Crippen molar-refractivity contribution in [2.45, 2.75) is 25.8 Å². The van der Waals surface area contributed by atoms with Crippen LogP contribution in [0.15, 0.2) is 22.8 Å². The van der Waals surface area contributed by atoms with E-state index < -0.39 is 10.0 Å². The Kier molecular flexibility index (Phi) is 4.88. The van der Waals surface area contributed by atoms with Gasteiger partial charge >= 0.3 is 0 Å². The van der Waals surface area contributed by atoms with Crippen molar-refractivity contribution in [2.75, 3.05) is 32.9 Å². The molecule has 0 unspecified atom stereocenters. The maximum absolute atomic E-state index is 12.6. The molecule has 2 atom stereocenters. The van der Waals surface area contributed by atoms with Crippen LogP contribution < -0.4 is 0 Å². The van der Waals surface area contributed by atoms with E-state index in [2.05, 4.69) is 6.92 Å². The van der Waals surface area contributed by atoms with Gasteiger partial charge in [-0.2, -0.15) is 4.31 Å². The molecule has 5 nitrogen and oxygen atoms in total. The first kappa shape index (κ1) is 15.5. The molecule has 20 heavy (non-hydrogen) atoms. The van der Waals surface area contributed by atoms with Gasteiger partial charge in [-0.1, -0.05) is 6.92 Å². The summed E-state index contributed by atoms with van der Waals surface area (Å²) in [6.45, 7) is 3.29. The SMILES string of the molecule is C[C@@H]1CCN(S(=O)(=O)CCN(C)C)[C@H](c2ccco2)C1. The van der Waals surface area contributed by atoms with E-state index in [1.807, 2.05) is 31.1 Å². The largest absolute Gasteiger partial charge is 0.468 e. The highest BCUT2D eigenvalue weighted by Crippen LogP contribution is 2.36. The lowest BCUT2D eigenvalue weighted by Crippen LogP contribution is -2.43. The number of hydrogen-bond acceptors (Lipinski definition) is 4. The van der Waals surface area contributed by atoms with Crippen molar-refractivity contribution in [3.63, 3.8) is 0 Å². The maximum Gasteiger partial charge on any atom is 0.216 e. The minimum Gasteiger partial charge on any atom is -0.468 e. The summed E-state index contributed by atoms with van der Waals surface area (Å²) in [5, 5.41) is 0. The normalized spacial score (nSPS) is 25.2. The molecule has 0 spiro atoms. The first-order valence-electron chi connectivity index (χ1n) is 7.08. The molecule has 0 aliphatic carbocycles. The van der Waals surface area contributed by atoms with E-state index in [1.54, 1.807) is 10.6 Å². The first-order chi connectivity index (χ1) is 9.40. The minimum atomic E-state index is -3.25. The van der Waals surface area contributed by atoms with Gasteiger partial charge < -0.3 is 9.32 Å². The van der Waals surface area contributed by atoms with Crippen LogP contribution in [0.25, 0.3) is 0 Å². The second-order valence-electron chi connectivity index (χ2n) is 5.89. The molecule has 0 N–H and O–H groups in total. The second-order valence-corrected chi connectivity index (χ2v) is 7.93. The van der Waals surface area contributed by atoms with Crippen LogP contribution in [0.1, 0.15) is 31.6 Å². The van der Waals surface area contributed by atoms with E-state index in [0.29, 0.717) is 19.0 Å². The number of sulfonamides is 1. The summed E-state index contributed by atoms with van der Waals surface area (Å²) in [5.74, 6) is 1.43. The van der Waals surface area contributed by atoms with Gasteiger partial charge in [-0.3, -0.25) is 0 Å². The Bertz CT molecular complexity index is 511. The molecule has 1 aromatic heterocycles. The van der Waals surface area contributed by atoms with Crippen molar-refractivity contribution in [2.24, 2.45) is 5.92 Å². The van der Waals surface area contributed by atoms with Crippen molar-refractivity contribution >= 4 is 10.0 Å². The summed E-state index contributed by atoms with van der Waals surface area (Å²) >= 11 is 0. The molecule has 0 bridgehead atoms. The predicted octanol–water partition coefficient (Wildman–Crippen LogP) is 1.94. The van der Waals surface area contributed by atoms with Crippen molar-refractivity contribution in [1.82, 2.24) is 9.21 Å². The summed E-state index contributed by atoms with van der Waals surface area (Å²) in [6.07, 6.45) is 3.35. The topological polar surface area (TPSA) is 53.8 Å². The van der Waals surface area contributed by atoms with Gasteiger partial charge in [0, 0.05) is 13.1 Å². The fourth-order valence-corrected chi connectivity index (χ4v) is 4.40. The Labute approximate surface area is 121 Å². The molecule has 0 radical (unpaired) electrons. The third-order valence-electron chi connectivity index (χ3n) is 3.84. The van der Waals surface area contributed by atoms with Crippen LogP contribution in [-0.4, -0.2) is 50.6 Å². The number of hydrogen-bond donors (Lipinski definition) is 0. The third-order valence-corrected chi connectivity index (χ3v) is 5.69. The standard InChI is InChI=1S/C14H24N2O3S/c1-12-6-7-16(20(17,18)10-8-15(2)3)13(11-12)14-5-4-9-19-14/h4-5,9,12-13H,6-8,10-11H2,1-3H3/t12-,13+/m1/s1. The highest BCUT2D eigenvalue weighted by Gasteiger charge is 2.36. The first-order valence-corrected chi connectivity index (χ1v) is 8.68. The van der Waals surface area contributed by atoms with Gasteiger partial charge in [0.1, 0.15) is 5.76 Å². The predicted molar refractivity (Wildman–Crippen MR) is 78.9 cm³/mol. The van der Waals surface area contributed by atoms with E-state index in [1.165, 1.54) is 0 Å². The summed E-state index contributed by atoms with van der Waals surface area (Å²) in [5.41, 5.74) is 0. The van der Waals surface area contributed by atoms with Crippen LogP contribution >= 0.6 is 0 Å². The Morgan fingerprint density at radius 2 is 2.20 bits per heavy atom. The monoisotopic (exact) mass is 300 g/mol. The van der Waals surface area contributed by atoms with Crippen molar-refractivity contribution in [3.05, 3.63) is 24.2 Å². The van der Waals surface area contributed by atoms with Crippen LogP contribution in [0.3, 0.4) is 0 Å². The molecule has 1 aliphatic rings. The van der Waals surface area contributed by atoms with Crippen molar-refractivity contribution in [3.8, 4) is 0 Å². The molecule has 1 saturated heterocycles. The molecular weight excluding hydrogens is 276 g/mol. The lowest BCUT2D eigenvalue weighted by atomic mass is 9.93. The molecule has 0 amide bonds. The van der Waals surface area contributed by atoms with E-state index in [0.717, 1.165) is 18.6 Å². The van der Waals surface area contributed by atoms with E-state index in [4.69, 9.17) is 4.42 Å². The Hall–Kier alpha value is -0.850. The molecule has 6 heteroatoms. The molecule has 1 fully saturated rings. The third kappa shape index (κ3) is 3.62. The molecule has 2 heterocycles. The summed E-state index contributed by atoms with van der Waals surface area (Å²) in [6, 6.07) is 3.54. The van der Waals surface area contributed by atoms with Crippen LogP contribution in [-0.2, 0) is 10.0 Å². The summed E-state index contributed by atoms with van der Waals surface area (Å²) in [4.78, 5) is 1.89. The van der Waals surface area contributed by atoms with Crippen molar-refractivity contribution in [1.29, 1.82) is 0 Å². The summed E-state index contributed by atoms with van der Waals surface area (Å²) in [7, 11) is 0.528. The maximum atomic E-state index is 12.6. The Balaban J connectivity index is 2.19. The zero-order valence-corrected chi connectivity index (χ0v) is 13.3. The van der Waals surface area contributed by atoms with Gasteiger partial charge in [0.05, 0.1) is 18.1 Å². The average molecular weight is 300 g/mol. The molecule has 2 rings (SSSR count). The van der Waals surface area contributed by atoms with Gasteiger partial charge in [0.2, 0.25) is 10.0 Å². The van der Waals surface area contributed by atoms with E-state index >= 15 is 0 Å². The number of furan rings is 1. The smallest absolute Gasteiger partial charge is 0.216 e. The molecule has 1 aromatic rings. The van der Waals surface area contributed by atoms with Crippen LogP contribution in [0.5, 0.6) is 0 Å². The average Bonchev–Trinajstić information content (AvgIpc) is 2.90. The van der Waals surface area contributed by atoms with Gasteiger partial charge in [0.15, 0.2) is 0 Å². The highest BCUT2D eigenvalue weighted by molar-refractivity contribution is 7.89. The van der Waals surface area contributed by atoms with Crippen molar-refractivity contribution < 1.29 is 12.8 Å². The number of nitrogens with zero attached hydrogens (tertiary/aromatic N) is 2. The van der Waals surface area contributed by atoms with Crippen LogP contribution in [0.2, 0.25) is 0 Å². The quantitative estimate of drug-likeness (QED) is 0.834. The van der Waals surface area contributed by atoms with Gasteiger partial charge in [-0.25, -0.2) is 8.42 Å². The number of piperidine rings is 1. The zero-order chi connectivity index (χ0) is 14.8. The van der Waals surface area contributed by atoms with Gasteiger partial charge in [0.25, 0.3) is 0 Å². The van der Waals surface area contributed by atoms with E-state index in [-0.39, 0.29) is 11.8 Å². The van der Waals surface area contributed by atoms with Crippen LogP contribution in [0, 0.1) is 5.92 Å². The van der Waals surface area contributed by atoms with Gasteiger partial charge in [-0.15, -0.1) is 0 Å². The Morgan fingerprint density at radius 1 is 1.45 bits per heavy atom. The molecule has 0 saturated carbocycles. The van der Waals surface area contributed by atoms with E-state index in [9.17, 15) is 8.42 Å². The second kappa shape index (κ2) is 6.28.